The Hall–Kier alpha value is -0.610. The molecule has 1 aliphatic rings. The minimum absolute atomic E-state index is 0.250. The van der Waals surface area contributed by atoms with Gasteiger partial charge in [-0.3, -0.25) is 0 Å². The molecule has 0 radical (unpaired) electrons. The molecule has 0 saturated carbocycles. The second kappa shape index (κ2) is 1.24. The minimum Gasteiger partial charge on any atom is -0.750 e. The van der Waals surface area contributed by atoms with E-state index >= 15 is 0 Å². The smallest absolute Gasteiger partial charge is 0.0628 e. The molecule has 0 N–H and O–H groups in total. The molecule has 0 aromatic rings. The Balaban J connectivity index is 2.32. The van der Waals surface area contributed by atoms with Gasteiger partial charge in [0.25, 0.3) is 0 Å². The molecule has 0 unspecified atom stereocenters. The van der Waals surface area contributed by atoms with Crippen LogP contribution in [0.4, 0.5) is 0 Å². The van der Waals surface area contributed by atoms with Crippen LogP contribution in [0.15, 0.2) is 5.16 Å². The van der Waals surface area contributed by atoms with E-state index in [4.69, 9.17) is 0 Å². The first kappa shape index (κ1) is 3.58. The van der Waals surface area contributed by atoms with E-state index in [1.165, 1.54) is 6.21 Å². The van der Waals surface area contributed by atoms with E-state index in [0.717, 1.165) is 0 Å². The molecular weight excluding hydrogens is 84.0 g/mol. The molecule has 4 heteroatoms. The van der Waals surface area contributed by atoms with Crippen LogP contribution in [-0.2, 0) is 4.94 Å². The molecule has 6 heavy (non-hydrogen) atoms. The van der Waals surface area contributed by atoms with Crippen molar-refractivity contribution in [1.29, 1.82) is 0 Å². The van der Waals surface area contributed by atoms with Crippen molar-refractivity contribution >= 4 is 6.21 Å². The monoisotopic (exact) mass is 87.0 g/mol. The molecule has 0 amide bonds. The molecule has 1 heterocycles. The summed E-state index contributed by atoms with van der Waals surface area (Å²) in [5, 5.41) is 13.4. The third kappa shape index (κ3) is 0.474. The standard InChI is InChI=1S/C2H3N2O2/c5-4-2-1-3-6-4/h1H,2H2/q-1. The summed E-state index contributed by atoms with van der Waals surface area (Å²) in [6, 6.07) is 0. The molecule has 1 rings (SSSR count). The van der Waals surface area contributed by atoms with Crippen LogP contribution in [0.3, 0.4) is 0 Å². The number of hydrogen-bond acceptors (Lipinski definition) is 4. The average molecular weight is 87.1 g/mol. The van der Waals surface area contributed by atoms with Gasteiger partial charge in [-0.15, -0.1) is 0 Å². The van der Waals surface area contributed by atoms with Crippen LogP contribution in [0.25, 0.3) is 0 Å². The number of hydroxylamine groups is 2. The molecule has 0 spiro atoms. The van der Waals surface area contributed by atoms with Crippen LogP contribution in [-0.4, -0.2) is 18.0 Å². The fraction of sp³-hybridized carbons (Fsp3) is 0.500. The molecule has 0 bridgehead atoms. The summed E-state index contributed by atoms with van der Waals surface area (Å²) in [5.74, 6) is 0. The lowest BCUT2D eigenvalue weighted by atomic mass is 10.8. The van der Waals surface area contributed by atoms with Crippen LogP contribution in [0.1, 0.15) is 0 Å². The Bertz CT molecular complexity index is 63.9. The Kier molecular flexibility index (Phi) is 0.736. The number of hydrogen-bond donors (Lipinski definition) is 0. The van der Waals surface area contributed by atoms with Crippen LogP contribution < -0.4 is 0 Å². The Morgan fingerprint density at radius 2 is 2.83 bits per heavy atom. The van der Waals surface area contributed by atoms with Gasteiger partial charge in [-0.05, 0) is 0 Å². The molecule has 0 aliphatic carbocycles. The van der Waals surface area contributed by atoms with E-state index < -0.39 is 0 Å². The summed E-state index contributed by atoms with van der Waals surface area (Å²) < 4.78 is 0. The van der Waals surface area contributed by atoms with Gasteiger partial charge in [0.2, 0.25) is 0 Å². The first-order valence-electron chi connectivity index (χ1n) is 1.53. The number of rotatable bonds is 0. The summed E-state index contributed by atoms with van der Waals surface area (Å²) in [6.07, 6.45) is 1.40. The van der Waals surface area contributed by atoms with Crippen molar-refractivity contribution < 1.29 is 4.94 Å². The highest BCUT2D eigenvalue weighted by Gasteiger charge is 1.91. The van der Waals surface area contributed by atoms with Gasteiger partial charge in [-0.2, -0.15) is 5.23 Å². The van der Waals surface area contributed by atoms with Crippen LogP contribution in [0.2, 0.25) is 0 Å². The summed E-state index contributed by atoms with van der Waals surface area (Å²) >= 11 is 0. The van der Waals surface area contributed by atoms with Crippen molar-refractivity contribution in [3.8, 4) is 0 Å². The van der Waals surface area contributed by atoms with Crippen molar-refractivity contribution in [2.45, 2.75) is 0 Å². The van der Waals surface area contributed by atoms with Gasteiger partial charge >= 0.3 is 0 Å². The van der Waals surface area contributed by atoms with E-state index in [-0.39, 0.29) is 6.54 Å². The van der Waals surface area contributed by atoms with Crippen molar-refractivity contribution in [3.63, 3.8) is 0 Å². The van der Waals surface area contributed by atoms with E-state index in [1.54, 1.807) is 0 Å². The van der Waals surface area contributed by atoms with Gasteiger partial charge in [0.15, 0.2) is 0 Å². The predicted octanol–water partition coefficient (Wildman–Crippen LogP) is -0.283. The molecule has 4 nitrogen and oxygen atoms in total. The molecule has 0 saturated heterocycles. The lowest BCUT2D eigenvalue weighted by molar-refractivity contribution is -0.0885. The summed E-state index contributed by atoms with van der Waals surface area (Å²) in [6.45, 7) is 0.250. The zero-order chi connectivity index (χ0) is 4.41. The van der Waals surface area contributed by atoms with Crippen LogP contribution >= 0.6 is 0 Å². The third-order valence-corrected chi connectivity index (χ3v) is 0.443. The molecular formula is C2H3N2O2-. The molecule has 0 aromatic carbocycles. The molecule has 0 atom stereocenters. The fourth-order valence-corrected chi connectivity index (χ4v) is 0.219. The second-order valence-corrected chi connectivity index (χ2v) is 0.885. The Labute approximate surface area is 34.5 Å². The first-order valence-corrected chi connectivity index (χ1v) is 1.53. The van der Waals surface area contributed by atoms with Gasteiger partial charge in [0.05, 0.1) is 12.8 Å². The quantitative estimate of drug-likeness (QED) is 0.408. The summed E-state index contributed by atoms with van der Waals surface area (Å²) in [4.78, 5) is 4.00. The molecule has 34 valence electrons. The Morgan fingerprint density at radius 3 is 3.00 bits per heavy atom. The van der Waals surface area contributed by atoms with E-state index in [0.29, 0.717) is 5.23 Å². The van der Waals surface area contributed by atoms with Crippen molar-refractivity contribution in [3.05, 3.63) is 5.21 Å². The summed E-state index contributed by atoms with van der Waals surface area (Å²) in [7, 11) is 0. The Morgan fingerprint density at radius 1 is 2.00 bits per heavy atom. The van der Waals surface area contributed by atoms with Crippen molar-refractivity contribution in [2.75, 3.05) is 6.54 Å². The average Bonchev–Trinajstić information content (AvgIpc) is 1.86. The number of nitrogens with zero attached hydrogens (tertiary/aromatic N) is 2. The SMILES string of the molecule is [O-]N1CC=NO1. The maximum absolute atomic E-state index is 9.81. The zero-order valence-electron chi connectivity index (χ0n) is 3.00. The zero-order valence-corrected chi connectivity index (χ0v) is 3.00. The fourth-order valence-electron chi connectivity index (χ4n) is 0.219. The van der Waals surface area contributed by atoms with E-state index in [1.807, 2.05) is 0 Å². The normalized spacial score (nSPS) is 21.5. The second-order valence-electron chi connectivity index (χ2n) is 0.885. The molecule has 0 aromatic heterocycles. The maximum Gasteiger partial charge on any atom is 0.0628 e. The number of oxime groups is 1. The predicted molar refractivity (Wildman–Crippen MR) is 19.6 cm³/mol. The highest BCUT2D eigenvalue weighted by atomic mass is 17.0. The summed E-state index contributed by atoms with van der Waals surface area (Å²) in [5.41, 5.74) is 0. The van der Waals surface area contributed by atoms with Crippen molar-refractivity contribution in [2.24, 2.45) is 5.16 Å². The lowest BCUT2D eigenvalue weighted by Gasteiger charge is -2.13. The highest BCUT2D eigenvalue weighted by molar-refractivity contribution is 5.59. The van der Waals surface area contributed by atoms with Gasteiger partial charge in [0.1, 0.15) is 0 Å². The van der Waals surface area contributed by atoms with Crippen LogP contribution in [0.5, 0.6) is 0 Å². The van der Waals surface area contributed by atoms with Gasteiger partial charge < -0.3 is 10.1 Å². The lowest BCUT2D eigenvalue weighted by Crippen LogP contribution is -2.08. The first-order chi connectivity index (χ1) is 2.89. The van der Waals surface area contributed by atoms with Gasteiger partial charge in [-0.1, -0.05) is 5.16 Å². The largest absolute Gasteiger partial charge is 0.750 e. The third-order valence-electron chi connectivity index (χ3n) is 0.443. The molecule has 1 aliphatic heterocycles. The minimum atomic E-state index is 0.250. The van der Waals surface area contributed by atoms with Gasteiger partial charge in [-0.25, -0.2) is 0 Å². The van der Waals surface area contributed by atoms with E-state index in [2.05, 4.69) is 10.1 Å². The van der Waals surface area contributed by atoms with Crippen LogP contribution in [0, 0.1) is 5.21 Å². The van der Waals surface area contributed by atoms with Crippen molar-refractivity contribution in [1.82, 2.24) is 5.23 Å². The van der Waals surface area contributed by atoms with Gasteiger partial charge in [0, 0.05) is 0 Å². The molecule has 0 fully saturated rings. The maximum atomic E-state index is 9.81. The topological polar surface area (TPSA) is 47.9 Å². The highest BCUT2D eigenvalue weighted by Crippen LogP contribution is 1.90. The van der Waals surface area contributed by atoms with E-state index in [9.17, 15) is 5.21 Å².